The molecule has 5 heteroatoms. The summed E-state index contributed by atoms with van der Waals surface area (Å²) in [5.41, 5.74) is 0. The van der Waals surface area contributed by atoms with Crippen LogP contribution in [-0.2, 0) is 14.3 Å². The van der Waals surface area contributed by atoms with Crippen LogP contribution in [0.4, 0.5) is 0 Å². The molecule has 19 heavy (non-hydrogen) atoms. The summed E-state index contributed by atoms with van der Waals surface area (Å²) in [6, 6.07) is 0.143. The summed E-state index contributed by atoms with van der Waals surface area (Å²) in [6.45, 7) is 5.19. The van der Waals surface area contributed by atoms with Gasteiger partial charge in [0, 0.05) is 12.6 Å². The SMILES string of the molecule is CCN(CCC(=O)OC)C(C)C(=O)NC1CCCC1. The summed E-state index contributed by atoms with van der Waals surface area (Å²) in [6.07, 6.45) is 4.92. The molecule has 0 bridgehead atoms. The number of hydrogen-bond acceptors (Lipinski definition) is 4. The molecule has 0 radical (unpaired) electrons. The molecule has 1 fully saturated rings. The van der Waals surface area contributed by atoms with E-state index in [1.807, 2.05) is 18.7 Å². The van der Waals surface area contributed by atoms with Crippen molar-refractivity contribution in [1.82, 2.24) is 10.2 Å². The van der Waals surface area contributed by atoms with Crippen molar-refractivity contribution in [2.45, 2.75) is 58.0 Å². The predicted octanol–water partition coefficient (Wildman–Crippen LogP) is 1.32. The van der Waals surface area contributed by atoms with E-state index in [2.05, 4.69) is 10.1 Å². The Kier molecular flexibility index (Phi) is 6.84. The maximum absolute atomic E-state index is 12.1. The van der Waals surface area contributed by atoms with Gasteiger partial charge in [-0.3, -0.25) is 14.5 Å². The Morgan fingerprint density at radius 3 is 2.53 bits per heavy atom. The van der Waals surface area contributed by atoms with E-state index in [4.69, 9.17) is 0 Å². The van der Waals surface area contributed by atoms with E-state index in [0.717, 1.165) is 19.4 Å². The molecule has 5 nitrogen and oxygen atoms in total. The highest BCUT2D eigenvalue weighted by Crippen LogP contribution is 2.18. The number of rotatable bonds is 7. The lowest BCUT2D eigenvalue weighted by atomic mass is 10.2. The molecule has 0 aromatic heterocycles. The van der Waals surface area contributed by atoms with Crippen LogP contribution in [0.2, 0.25) is 0 Å². The first-order valence-electron chi connectivity index (χ1n) is 7.19. The van der Waals surface area contributed by atoms with Crippen LogP contribution in [0, 0.1) is 0 Å². The van der Waals surface area contributed by atoms with Crippen LogP contribution in [0.5, 0.6) is 0 Å². The van der Waals surface area contributed by atoms with Crippen LogP contribution in [0.1, 0.15) is 46.0 Å². The zero-order valence-corrected chi connectivity index (χ0v) is 12.3. The van der Waals surface area contributed by atoms with Gasteiger partial charge in [0.05, 0.1) is 19.6 Å². The maximum atomic E-state index is 12.1. The minimum Gasteiger partial charge on any atom is -0.469 e. The molecule has 0 heterocycles. The quantitative estimate of drug-likeness (QED) is 0.709. The van der Waals surface area contributed by atoms with E-state index in [1.165, 1.54) is 20.0 Å². The van der Waals surface area contributed by atoms with Crippen LogP contribution in [-0.4, -0.2) is 49.1 Å². The summed E-state index contributed by atoms with van der Waals surface area (Å²) in [5.74, 6) is -0.166. The van der Waals surface area contributed by atoms with Gasteiger partial charge in [-0.05, 0) is 26.3 Å². The lowest BCUT2D eigenvalue weighted by Crippen LogP contribution is -2.48. The Hall–Kier alpha value is -1.10. The molecular formula is C14H26N2O3. The highest BCUT2D eigenvalue weighted by Gasteiger charge is 2.24. The number of ether oxygens (including phenoxy) is 1. The smallest absolute Gasteiger partial charge is 0.306 e. The van der Waals surface area contributed by atoms with Crippen molar-refractivity contribution >= 4 is 11.9 Å². The number of carbonyl (C=O) groups excluding carboxylic acids is 2. The molecule has 1 aliphatic rings. The van der Waals surface area contributed by atoms with Crippen molar-refractivity contribution in [3.63, 3.8) is 0 Å². The van der Waals surface area contributed by atoms with Crippen LogP contribution in [0.3, 0.4) is 0 Å². The fourth-order valence-electron chi connectivity index (χ4n) is 2.52. The van der Waals surface area contributed by atoms with Gasteiger partial charge in [-0.2, -0.15) is 0 Å². The number of likely N-dealkylation sites (N-methyl/N-ethyl adjacent to an activating group) is 1. The molecule has 0 spiro atoms. The standard InChI is InChI=1S/C14H26N2O3/c1-4-16(10-9-13(17)19-3)11(2)14(18)15-12-7-5-6-8-12/h11-12H,4-10H2,1-3H3,(H,15,18). The molecule has 0 saturated heterocycles. The maximum Gasteiger partial charge on any atom is 0.306 e. The monoisotopic (exact) mass is 270 g/mol. The third kappa shape index (κ3) is 5.19. The number of carbonyl (C=O) groups is 2. The second-order valence-electron chi connectivity index (χ2n) is 5.12. The van der Waals surface area contributed by atoms with Crippen LogP contribution in [0.25, 0.3) is 0 Å². The van der Waals surface area contributed by atoms with E-state index in [9.17, 15) is 9.59 Å². The van der Waals surface area contributed by atoms with Crippen molar-refractivity contribution in [2.75, 3.05) is 20.2 Å². The molecule has 1 amide bonds. The van der Waals surface area contributed by atoms with Gasteiger partial charge >= 0.3 is 5.97 Å². The third-order valence-corrected chi connectivity index (χ3v) is 3.87. The van der Waals surface area contributed by atoms with Gasteiger partial charge in [-0.15, -0.1) is 0 Å². The molecule has 110 valence electrons. The lowest BCUT2D eigenvalue weighted by Gasteiger charge is -2.27. The fraction of sp³-hybridized carbons (Fsp3) is 0.857. The van der Waals surface area contributed by atoms with Gasteiger partial charge in [0.1, 0.15) is 0 Å². The Morgan fingerprint density at radius 2 is 2.00 bits per heavy atom. The highest BCUT2D eigenvalue weighted by atomic mass is 16.5. The summed E-state index contributed by atoms with van der Waals surface area (Å²) in [7, 11) is 1.38. The highest BCUT2D eigenvalue weighted by molar-refractivity contribution is 5.81. The van der Waals surface area contributed by atoms with Gasteiger partial charge in [0.25, 0.3) is 0 Å². The molecular weight excluding hydrogens is 244 g/mol. The van der Waals surface area contributed by atoms with Gasteiger partial charge < -0.3 is 10.1 Å². The summed E-state index contributed by atoms with van der Waals surface area (Å²) >= 11 is 0. The van der Waals surface area contributed by atoms with E-state index < -0.39 is 0 Å². The topological polar surface area (TPSA) is 58.6 Å². The number of nitrogens with one attached hydrogen (secondary N) is 1. The number of amides is 1. The van der Waals surface area contributed by atoms with Crippen molar-refractivity contribution < 1.29 is 14.3 Å². The summed E-state index contributed by atoms with van der Waals surface area (Å²) in [5, 5.41) is 3.10. The van der Waals surface area contributed by atoms with Crippen molar-refractivity contribution in [3.05, 3.63) is 0 Å². The minimum atomic E-state index is -0.234. The van der Waals surface area contributed by atoms with Gasteiger partial charge in [0.15, 0.2) is 0 Å². The predicted molar refractivity (Wildman–Crippen MR) is 73.7 cm³/mol. The van der Waals surface area contributed by atoms with Crippen molar-refractivity contribution in [3.8, 4) is 0 Å². The Labute approximate surface area is 115 Å². The van der Waals surface area contributed by atoms with Gasteiger partial charge in [0.2, 0.25) is 5.91 Å². The van der Waals surface area contributed by atoms with Crippen molar-refractivity contribution in [1.29, 1.82) is 0 Å². The molecule has 1 rings (SSSR count). The second kappa shape index (κ2) is 8.15. The molecule has 1 saturated carbocycles. The lowest BCUT2D eigenvalue weighted by molar-refractivity contribution is -0.141. The van der Waals surface area contributed by atoms with Gasteiger partial charge in [-0.25, -0.2) is 0 Å². The molecule has 0 aliphatic heterocycles. The van der Waals surface area contributed by atoms with E-state index in [0.29, 0.717) is 19.0 Å². The average Bonchev–Trinajstić information content (AvgIpc) is 2.91. The zero-order valence-electron chi connectivity index (χ0n) is 12.3. The van der Waals surface area contributed by atoms with Gasteiger partial charge in [-0.1, -0.05) is 19.8 Å². The van der Waals surface area contributed by atoms with E-state index in [-0.39, 0.29) is 17.9 Å². The van der Waals surface area contributed by atoms with E-state index >= 15 is 0 Å². The molecule has 0 aromatic rings. The van der Waals surface area contributed by atoms with E-state index in [1.54, 1.807) is 0 Å². The number of methoxy groups -OCH3 is 1. The fourth-order valence-corrected chi connectivity index (χ4v) is 2.52. The molecule has 1 aliphatic carbocycles. The van der Waals surface area contributed by atoms with Crippen LogP contribution in [0.15, 0.2) is 0 Å². The normalized spacial score (nSPS) is 17.5. The molecule has 1 atom stereocenters. The first kappa shape index (κ1) is 16.0. The summed E-state index contributed by atoms with van der Waals surface area (Å²) in [4.78, 5) is 25.3. The minimum absolute atomic E-state index is 0.0682. The number of esters is 1. The van der Waals surface area contributed by atoms with Crippen LogP contribution >= 0.6 is 0 Å². The molecule has 1 unspecified atom stereocenters. The van der Waals surface area contributed by atoms with Crippen LogP contribution < -0.4 is 5.32 Å². The first-order chi connectivity index (χ1) is 9.08. The largest absolute Gasteiger partial charge is 0.469 e. The zero-order chi connectivity index (χ0) is 14.3. The first-order valence-corrected chi connectivity index (χ1v) is 7.19. The average molecular weight is 270 g/mol. The second-order valence-corrected chi connectivity index (χ2v) is 5.12. The Morgan fingerprint density at radius 1 is 1.37 bits per heavy atom. The Bertz CT molecular complexity index is 301. The number of hydrogen-bond donors (Lipinski definition) is 1. The van der Waals surface area contributed by atoms with Crippen molar-refractivity contribution in [2.24, 2.45) is 0 Å². The third-order valence-electron chi connectivity index (χ3n) is 3.87. The molecule has 1 N–H and O–H groups in total. The Balaban J connectivity index is 2.39. The summed E-state index contributed by atoms with van der Waals surface area (Å²) < 4.78 is 4.63. The number of nitrogens with zero attached hydrogens (tertiary/aromatic N) is 1. The molecule has 0 aromatic carbocycles.